The van der Waals surface area contributed by atoms with Gasteiger partial charge in [0, 0.05) is 12.6 Å². The first-order valence-electron chi connectivity index (χ1n) is 7.06. The molecule has 0 bridgehead atoms. The summed E-state index contributed by atoms with van der Waals surface area (Å²) in [6, 6.07) is 0.480. The van der Waals surface area contributed by atoms with Crippen molar-refractivity contribution in [2.45, 2.75) is 38.9 Å². The molecule has 21 heavy (non-hydrogen) atoms. The van der Waals surface area contributed by atoms with Crippen molar-refractivity contribution in [3.05, 3.63) is 0 Å². The number of hydrogen-bond acceptors (Lipinski definition) is 3. The number of carbonyl (C=O) groups excluding carboxylic acids is 2. The van der Waals surface area contributed by atoms with Crippen LogP contribution >= 0.6 is 0 Å². The predicted octanol–water partition coefficient (Wildman–Crippen LogP) is 0.901. The zero-order valence-corrected chi connectivity index (χ0v) is 12.3. The normalized spacial score (nSPS) is 17.8. The second-order valence-corrected chi connectivity index (χ2v) is 5.58. The van der Waals surface area contributed by atoms with Crippen molar-refractivity contribution in [1.29, 1.82) is 0 Å². The third kappa shape index (κ3) is 6.79. The molecule has 1 aliphatic heterocycles. The minimum absolute atomic E-state index is 0.263. The van der Waals surface area contributed by atoms with Crippen LogP contribution in [-0.4, -0.2) is 55.1 Å². The van der Waals surface area contributed by atoms with E-state index in [2.05, 4.69) is 24.1 Å². The van der Waals surface area contributed by atoms with Gasteiger partial charge in [0.25, 0.3) is 0 Å². The molecule has 1 aliphatic rings. The summed E-state index contributed by atoms with van der Waals surface area (Å²) in [5.74, 6) is -1.99. The van der Waals surface area contributed by atoms with E-state index in [1.165, 1.54) is 0 Å². The summed E-state index contributed by atoms with van der Waals surface area (Å²) in [5.41, 5.74) is 0. The first-order chi connectivity index (χ1) is 9.69. The molecule has 0 aliphatic carbocycles. The molecule has 1 heterocycles. The number of rotatable bonds is 4. The molecule has 0 atom stereocenters. The van der Waals surface area contributed by atoms with Crippen molar-refractivity contribution in [2.24, 2.45) is 5.92 Å². The van der Waals surface area contributed by atoms with Crippen molar-refractivity contribution in [2.75, 3.05) is 26.2 Å². The fraction of sp³-hybridized carbons (Fsp3) is 0.846. The van der Waals surface area contributed by atoms with Gasteiger partial charge in [0.2, 0.25) is 0 Å². The molecule has 0 unspecified atom stereocenters. The third-order valence-corrected chi connectivity index (χ3v) is 3.59. The lowest BCUT2D eigenvalue weighted by atomic mass is 9.96. The minimum atomic E-state index is -4.51. The quantitative estimate of drug-likeness (QED) is 0.759. The Labute approximate surface area is 122 Å². The zero-order chi connectivity index (χ0) is 16.0. The lowest BCUT2D eigenvalue weighted by molar-refractivity contribution is -0.146. The smallest absolute Gasteiger partial charge is 0.348 e. The van der Waals surface area contributed by atoms with Gasteiger partial charge in [-0.1, -0.05) is 0 Å². The van der Waals surface area contributed by atoms with Gasteiger partial charge in [-0.3, -0.25) is 9.59 Å². The maximum absolute atomic E-state index is 11.9. The molecule has 5 nitrogen and oxygen atoms in total. The van der Waals surface area contributed by atoms with E-state index in [-0.39, 0.29) is 5.92 Å². The first kappa shape index (κ1) is 17.7. The van der Waals surface area contributed by atoms with Gasteiger partial charge in [-0.2, -0.15) is 13.2 Å². The lowest BCUT2D eigenvalue weighted by Gasteiger charge is -2.34. The average molecular weight is 309 g/mol. The topological polar surface area (TPSA) is 61.4 Å². The van der Waals surface area contributed by atoms with Crippen molar-refractivity contribution in [3.8, 4) is 0 Å². The largest absolute Gasteiger partial charge is 0.405 e. The van der Waals surface area contributed by atoms with Crippen molar-refractivity contribution < 1.29 is 22.8 Å². The number of amides is 2. The first-order valence-corrected chi connectivity index (χ1v) is 7.06. The molecule has 2 amide bonds. The van der Waals surface area contributed by atoms with Gasteiger partial charge >= 0.3 is 18.0 Å². The Balaban J connectivity index is 2.23. The van der Waals surface area contributed by atoms with Gasteiger partial charge in [0.1, 0.15) is 6.54 Å². The number of likely N-dealkylation sites (tertiary alicyclic amines) is 1. The number of nitrogens with one attached hydrogen (secondary N) is 2. The van der Waals surface area contributed by atoms with Crippen LogP contribution in [0.25, 0.3) is 0 Å². The zero-order valence-electron chi connectivity index (χ0n) is 12.3. The summed E-state index contributed by atoms with van der Waals surface area (Å²) < 4.78 is 35.7. The van der Waals surface area contributed by atoms with E-state index in [0.29, 0.717) is 12.6 Å². The minimum Gasteiger partial charge on any atom is -0.348 e. The third-order valence-electron chi connectivity index (χ3n) is 3.59. The van der Waals surface area contributed by atoms with Crippen LogP contribution in [0.2, 0.25) is 0 Å². The molecular weight excluding hydrogens is 287 g/mol. The van der Waals surface area contributed by atoms with Gasteiger partial charge in [0.15, 0.2) is 0 Å². The summed E-state index contributed by atoms with van der Waals surface area (Å²) in [6.07, 6.45) is -2.70. The van der Waals surface area contributed by atoms with Crippen molar-refractivity contribution in [1.82, 2.24) is 15.5 Å². The van der Waals surface area contributed by atoms with E-state index >= 15 is 0 Å². The van der Waals surface area contributed by atoms with Gasteiger partial charge < -0.3 is 15.5 Å². The number of hydrogen-bond donors (Lipinski definition) is 2. The molecule has 0 radical (unpaired) electrons. The number of piperidine rings is 1. The fourth-order valence-corrected chi connectivity index (χ4v) is 2.25. The van der Waals surface area contributed by atoms with E-state index in [9.17, 15) is 22.8 Å². The fourth-order valence-electron chi connectivity index (χ4n) is 2.25. The lowest BCUT2D eigenvalue weighted by Crippen LogP contribution is -2.46. The Hall–Kier alpha value is -1.31. The standard InChI is InChI=1S/C13H22F3N3O2/c1-9(2)19-5-3-10(4-6-19)7-17-11(20)12(21)18-8-13(14,15)16/h9-10H,3-8H2,1-2H3,(H,17,20)(H,18,21). The van der Waals surface area contributed by atoms with Crippen LogP contribution in [0.1, 0.15) is 26.7 Å². The molecule has 0 saturated carbocycles. The van der Waals surface area contributed by atoms with Gasteiger partial charge in [-0.25, -0.2) is 0 Å². The molecule has 0 spiro atoms. The molecule has 1 fully saturated rings. The summed E-state index contributed by atoms with van der Waals surface area (Å²) in [7, 11) is 0. The van der Waals surface area contributed by atoms with Crippen LogP contribution in [0.5, 0.6) is 0 Å². The van der Waals surface area contributed by atoms with E-state index in [4.69, 9.17) is 0 Å². The second-order valence-electron chi connectivity index (χ2n) is 5.58. The van der Waals surface area contributed by atoms with Crippen molar-refractivity contribution in [3.63, 3.8) is 0 Å². The molecule has 1 rings (SSSR count). The number of alkyl halides is 3. The molecule has 0 aromatic heterocycles. The Morgan fingerprint density at radius 1 is 1.14 bits per heavy atom. The van der Waals surface area contributed by atoms with E-state index in [1.807, 2.05) is 0 Å². The van der Waals surface area contributed by atoms with E-state index in [1.54, 1.807) is 5.32 Å². The highest BCUT2D eigenvalue weighted by Crippen LogP contribution is 2.18. The molecule has 122 valence electrons. The van der Waals surface area contributed by atoms with E-state index in [0.717, 1.165) is 25.9 Å². The Kier molecular flexibility index (Phi) is 6.44. The molecule has 0 aromatic rings. The van der Waals surface area contributed by atoms with Crippen LogP contribution in [-0.2, 0) is 9.59 Å². The van der Waals surface area contributed by atoms with Crippen LogP contribution in [0, 0.1) is 5.92 Å². The average Bonchev–Trinajstić information content (AvgIpc) is 2.41. The maximum atomic E-state index is 11.9. The SMILES string of the molecule is CC(C)N1CCC(CNC(=O)C(=O)NCC(F)(F)F)CC1. The van der Waals surface area contributed by atoms with Gasteiger partial charge in [0.05, 0.1) is 0 Å². The van der Waals surface area contributed by atoms with Gasteiger partial charge in [-0.15, -0.1) is 0 Å². The van der Waals surface area contributed by atoms with E-state index < -0.39 is 24.5 Å². The molecule has 2 N–H and O–H groups in total. The summed E-state index contributed by atoms with van der Waals surface area (Å²) in [5, 5.41) is 3.94. The molecule has 8 heteroatoms. The monoisotopic (exact) mass is 309 g/mol. The van der Waals surface area contributed by atoms with Crippen LogP contribution in [0.3, 0.4) is 0 Å². The predicted molar refractivity (Wildman–Crippen MR) is 71.5 cm³/mol. The van der Waals surface area contributed by atoms with Crippen LogP contribution in [0.15, 0.2) is 0 Å². The molecule has 0 aromatic carbocycles. The summed E-state index contributed by atoms with van der Waals surface area (Å²) in [6.45, 7) is 4.92. The summed E-state index contributed by atoms with van der Waals surface area (Å²) >= 11 is 0. The Morgan fingerprint density at radius 2 is 1.67 bits per heavy atom. The van der Waals surface area contributed by atoms with Crippen molar-refractivity contribution >= 4 is 11.8 Å². The highest BCUT2D eigenvalue weighted by Gasteiger charge is 2.29. The summed E-state index contributed by atoms with van der Waals surface area (Å²) in [4.78, 5) is 24.9. The highest BCUT2D eigenvalue weighted by atomic mass is 19.4. The Bertz CT molecular complexity index is 364. The number of nitrogens with zero attached hydrogens (tertiary/aromatic N) is 1. The van der Waals surface area contributed by atoms with Crippen LogP contribution in [0.4, 0.5) is 13.2 Å². The second kappa shape index (κ2) is 7.63. The number of halogens is 3. The number of carbonyl (C=O) groups is 2. The maximum Gasteiger partial charge on any atom is 0.405 e. The molecule has 1 saturated heterocycles. The molecular formula is C13H22F3N3O2. The van der Waals surface area contributed by atoms with Gasteiger partial charge in [-0.05, 0) is 45.7 Å². The van der Waals surface area contributed by atoms with Crippen LogP contribution < -0.4 is 10.6 Å². The Morgan fingerprint density at radius 3 is 2.14 bits per heavy atom. The highest BCUT2D eigenvalue weighted by molar-refractivity contribution is 6.35.